The highest BCUT2D eigenvalue weighted by Crippen LogP contribution is 2.43. The van der Waals surface area contributed by atoms with Crippen LogP contribution in [0.4, 0.5) is 0 Å². The summed E-state index contributed by atoms with van der Waals surface area (Å²) in [5, 5.41) is 1.09. The van der Waals surface area contributed by atoms with Gasteiger partial charge in [0.25, 0.3) is 5.84 Å². The SMILES string of the molecule is CN(C)C1CC(C2=C3C=NC=C[N+]3(N)C(c3ccc4ccc(-c5ccccc5)nc4c3)=N2)C1. The minimum Gasteiger partial charge on any atom is -0.306 e. The van der Waals surface area contributed by atoms with Gasteiger partial charge in [-0.2, -0.15) is 10.8 Å². The Kier molecular flexibility index (Phi) is 4.62. The van der Waals surface area contributed by atoms with E-state index in [0.29, 0.717) is 12.0 Å². The summed E-state index contributed by atoms with van der Waals surface area (Å²) in [4.78, 5) is 16.8. The van der Waals surface area contributed by atoms with Crippen LogP contribution in [0.15, 0.2) is 94.4 Å². The molecule has 2 aromatic carbocycles. The molecule has 1 unspecified atom stereocenters. The van der Waals surface area contributed by atoms with E-state index in [4.69, 9.17) is 15.8 Å². The molecule has 0 spiro atoms. The van der Waals surface area contributed by atoms with Gasteiger partial charge in [0, 0.05) is 22.9 Å². The van der Waals surface area contributed by atoms with Crippen LogP contribution < -0.4 is 5.84 Å². The van der Waals surface area contributed by atoms with E-state index in [-0.39, 0.29) is 4.59 Å². The van der Waals surface area contributed by atoms with Gasteiger partial charge in [-0.1, -0.05) is 42.5 Å². The molecule has 1 saturated carbocycles. The molecule has 2 N–H and O–H groups in total. The normalized spacial score (nSPS) is 26.0. The maximum Gasteiger partial charge on any atom is 0.264 e. The van der Waals surface area contributed by atoms with E-state index >= 15 is 0 Å². The van der Waals surface area contributed by atoms with E-state index in [1.807, 2.05) is 30.6 Å². The van der Waals surface area contributed by atoms with E-state index in [2.05, 4.69) is 66.5 Å². The first-order chi connectivity index (χ1) is 16.0. The van der Waals surface area contributed by atoms with E-state index in [9.17, 15) is 0 Å². The first-order valence-electron chi connectivity index (χ1n) is 11.4. The summed E-state index contributed by atoms with van der Waals surface area (Å²) in [6, 6.07) is 21.4. The summed E-state index contributed by atoms with van der Waals surface area (Å²) in [6.45, 7) is 0. The molecule has 1 aromatic heterocycles. The molecular formula is C27H27N6+. The van der Waals surface area contributed by atoms with E-state index < -0.39 is 0 Å². The Bertz CT molecular complexity index is 1360. The Hall–Kier alpha value is -3.45. The Morgan fingerprint density at radius 3 is 2.55 bits per heavy atom. The smallest absolute Gasteiger partial charge is 0.264 e. The standard InChI is InChI=1S/C27H27N6/c1-32(2)22-14-21(15-22)26-25-17-29-12-13-33(25,28)27(31-26)20-9-8-19-10-11-23(30-24(19)16-20)18-6-4-3-5-7-18/h3-13,16-17,21-22H,14-15,28H2,1-2H3/q+1. The molecule has 0 radical (unpaired) electrons. The van der Waals surface area contributed by atoms with Gasteiger partial charge in [0.15, 0.2) is 0 Å². The van der Waals surface area contributed by atoms with Crippen molar-refractivity contribution in [2.24, 2.45) is 21.7 Å². The number of quaternary nitrogens is 1. The van der Waals surface area contributed by atoms with Crippen LogP contribution in [0.5, 0.6) is 0 Å². The van der Waals surface area contributed by atoms with Crippen molar-refractivity contribution >= 4 is 23.0 Å². The number of benzene rings is 2. The van der Waals surface area contributed by atoms with Crippen molar-refractivity contribution in [3.05, 3.63) is 90.0 Å². The Morgan fingerprint density at radius 2 is 1.76 bits per heavy atom. The monoisotopic (exact) mass is 435 g/mol. The molecule has 0 saturated heterocycles. The first-order valence-corrected chi connectivity index (χ1v) is 11.4. The van der Waals surface area contributed by atoms with Crippen LogP contribution in [0.25, 0.3) is 22.2 Å². The molecule has 1 atom stereocenters. The van der Waals surface area contributed by atoms with Crippen LogP contribution in [-0.2, 0) is 0 Å². The van der Waals surface area contributed by atoms with Crippen LogP contribution in [0.2, 0.25) is 0 Å². The minimum absolute atomic E-state index is 0.0614. The summed E-state index contributed by atoms with van der Waals surface area (Å²) in [5.74, 6) is 8.18. The summed E-state index contributed by atoms with van der Waals surface area (Å²) in [5.41, 5.74) is 6.03. The summed E-state index contributed by atoms with van der Waals surface area (Å²) in [6.07, 6.45) is 7.75. The molecule has 6 heteroatoms. The molecule has 2 aliphatic heterocycles. The van der Waals surface area contributed by atoms with Crippen molar-refractivity contribution in [2.45, 2.75) is 18.9 Å². The minimum atomic E-state index is 0.0614. The Labute approximate surface area is 193 Å². The number of fused-ring (bicyclic) bond motifs is 2. The number of allylic oxidation sites excluding steroid dienone is 2. The molecule has 3 aromatic rings. The maximum absolute atomic E-state index is 6.95. The summed E-state index contributed by atoms with van der Waals surface area (Å²) < 4.78 is 0.0614. The highest BCUT2D eigenvalue weighted by atomic mass is 15.6. The van der Waals surface area contributed by atoms with E-state index in [0.717, 1.165) is 57.8 Å². The number of nitrogens with two attached hydrogens (primary N) is 1. The number of hydrogen-bond donors (Lipinski definition) is 1. The van der Waals surface area contributed by atoms with E-state index in [1.165, 1.54) is 0 Å². The van der Waals surface area contributed by atoms with Gasteiger partial charge in [0.05, 0.1) is 29.2 Å². The van der Waals surface area contributed by atoms with Crippen molar-refractivity contribution in [1.29, 1.82) is 0 Å². The fourth-order valence-electron chi connectivity index (χ4n) is 4.96. The van der Waals surface area contributed by atoms with Crippen molar-refractivity contribution in [3.63, 3.8) is 0 Å². The van der Waals surface area contributed by atoms with Crippen LogP contribution in [0, 0.1) is 5.92 Å². The lowest BCUT2D eigenvalue weighted by molar-refractivity contribution is -0.750. The number of aromatic nitrogens is 1. The van der Waals surface area contributed by atoms with Gasteiger partial charge in [0.2, 0.25) is 5.70 Å². The molecule has 3 aliphatic rings. The molecule has 1 aliphatic carbocycles. The summed E-state index contributed by atoms with van der Waals surface area (Å²) in [7, 11) is 4.28. The average molecular weight is 436 g/mol. The van der Waals surface area contributed by atoms with Gasteiger partial charge < -0.3 is 4.90 Å². The lowest BCUT2D eigenvalue weighted by atomic mass is 9.77. The van der Waals surface area contributed by atoms with Crippen LogP contribution in [-0.4, -0.2) is 46.7 Å². The molecule has 1 fully saturated rings. The number of pyridine rings is 1. The Balaban J connectivity index is 1.41. The quantitative estimate of drug-likeness (QED) is 0.486. The predicted octanol–water partition coefficient (Wildman–Crippen LogP) is 4.46. The second kappa shape index (κ2) is 7.56. The number of nitrogens with zero attached hydrogens (tertiary/aromatic N) is 5. The first kappa shape index (κ1) is 20.2. The molecule has 6 rings (SSSR count). The molecule has 3 heterocycles. The van der Waals surface area contributed by atoms with Crippen LogP contribution >= 0.6 is 0 Å². The third kappa shape index (κ3) is 3.26. The van der Waals surface area contributed by atoms with Crippen molar-refractivity contribution in [2.75, 3.05) is 14.1 Å². The third-order valence-electron chi connectivity index (χ3n) is 7.07. The number of aliphatic imine (C=N–C) groups is 2. The van der Waals surface area contributed by atoms with Gasteiger partial charge in [-0.25, -0.2) is 4.98 Å². The molecule has 0 amide bonds. The highest BCUT2D eigenvalue weighted by molar-refractivity contribution is 6.02. The zero-order valence-electron chi connectivity index (χ0n) is 18.9. The van der Waals surface area contributed by atoms with Crippen LogP contribution in [0.3, 0.4) is 0 Å². The Morgan fingerprint density at radius 1 is 0.970 bits per heavy atom. The maximum atomic E-state index is 6.95. The van der Waals surface area contributed by atoms with E-state index in [1.54, 1.807) is 6.20 Å². The topological polar surface area (TPSA) is 66.9 Å². The lowest BCUT2D eigenvalue weighted by Crippen LogP contribution is -2.53. The summed E-state index contributed by atoms with van der Waals surface area (Å²) >= 11 is 0. The van der Waals surface area contributed by atoms with Gasteiger partial charge >= 0.3 is 0 Å². The van der Waals surface area contributed by atoms with Gasteiger partial charge in [-0.15, -0.1) is 4.59 Å². The number of rotatable bonds is 4. The second-order valence-electron chi connectivity index (χ2n) is 9.32. The van der Waals surface area contributed by atoms with Gasteiger partial charge in [0.1, 0.15) is 11.9 Å². The number of amidine groups is 1. The number of hydrogen-bond acceptors (Lipinski definition) is 5. The fourth-order valence-corrected chi connectivity index (χ4v) is 4.96. The van der Waals surface area contributed by atoms with Crippen molar-refractivity contribution < 1.29 is 4.59 Å². The fraction of sp³-hybridized carbons (Fsp3) is 0.222. The average Bonchev–Trinajstić information content (AvgIpc) is 3.10. The van der Waals surface area contributed by atoms with Crippen LogP contribution in [0.1, 0.15) is 18.4 Å². The molecule has 6 nitrogen and oxygen atoms in total. The molecule has 0 bridgehead atoms. The molecule has 164 valence electrons. The third-order valence-corrected chi connectivity index (χ3v) is 7.07. The largest absolute Gasteiger partial charge is 0.306 e. The van der Waals surface area contributed by atoms with Gasteiger partial charge in [-0.05, 0) is 45.1 Å². The zero-order valence-corrected chi connectivity index (χ0v) is 18.9. The van der Waals surface area contributed by atoms with Crippen molar-refractivity contribution in [1.82, 2.24) is 9.88 Å². The van der Waals surface area contributed by atoms with Crippen molar-refractivity contribution in [3.8, 4) is 11.3 Å². The molecule has 33 heavy (non-hydrogen) atoms. The highest BCUT2D eigenvalue weighted by Gasteiger charge is 2.48. The van der Waals surface area contributed by atoms with Gasteiger partial charge in [-0.3, -0.25) is 4.99 Å². The lowest BCUT2D eigenvalue weighted by Gasteiger charge is -2.39. The zero-order chi connectivity index (χ0) is 22.6. The predicted molar refractivity (Wildman–Crippen MR) is 133 cm³/mol. The second-order valence-corrected chi connectivity index (χ2v) is 9.32. The molecular weight excluding hydrogens is 408 g/mol.